The quantitative estimate of drug-likeness (QED) is 0.548. The average Bonchev–Trinajstić information content (AvgIpc) is 1.87. The maximum Gasteiger partial charge on any atom is 0.00559 e. The van der Waals surface area contributed by atoms with Crippen LogP contribution in [0.2, 0.25) is 0 Å². The molecule has 2 atom stereocenters. The Bertz CT molecular complexity index is 104. The first-order valence-electron chi connectivity index (χ1n) is 4.08. The Morgan fingerprint density at radius 3 is 1.73 bits per heavy atom. The molecule has 64 valence electrons. The van der Waals surface area contributed by atoms with Gasteiger partial charge in [-0.05, 0) is 12.8 Å². The van der Waals surface area contributed by atoms with Crippen LogP contribution in [-0.4, -0.2) is 10.5 Å². The first-order chi connectivity index (χ1) is 5.20. The molecule has 0 saturated carbocycles. The number of hydrogen-bond donors (Lipinski definition) is 0. The van der Waals surface area contributed by atoms with Crippen molar-refractivity contribution in [3.8, 4) is 0 Å². The van der Waals surface area contributed by atoms with Crippen molar-refractivity contribution >= 4 is 11.8 Å². The molecule has 0 amide bonds. The molecule has 0 N–H and O–H groups in total. The van der Waals surface area contributed by atoms with Gasteiger partial charge >= 0.3 is 0 Å². The topological polar surface area (TPSA) is 0 Å². The first kappa shape index (κ1) is 10.8. The van der Waals surface area contributed by atoms with E-state index >= 15 is 0 Å². The van der Waals surface area contributed by atoms with Crippen molar-refractivity contribution in [1.29, 1.82) is 0 Å². The number of rotatable bonds is 6. The summed E-state index contributed by atoms with van der Waals surface area (Å²) in [5.41, 5.74) is 0. The zero-order valence-electron chi connectivity index (χ0n) is 7.55. The van der Waals surface area contributed by atoms with Gasteiger partial charge in [-0.1, -0.05) is 26.0 Å². The largest absolute Gasteiger partial charge is 0.155 e. The Kier molecular flexibility index (Phi) is 6.43. The van der Waals surface area contributed by atoms with E-state index in [2.05, 4.69) is 27.0 Å². The second kappa shape index (κ2) is 6.53. The standard InChI is InChI=1S/C10H18S/c1-5-7-9(3)11-10(4)8-6-2/h5-6,9-10H,1-2,7-8H2,3-4H3. The summed E-state index contributed by atoms with van der Waals surface area (Å²) in [6, 6.07) is 0. The third-order valence-electron chi connectivity index (χ3n) is 1.46. The summed E-state index contributed by atoms with van der Waals surface area (Å²) in [6.07, 6.45) is 6.18. The lowest BCUT2D eigenvalue weighted by Gasteiger charge is -2.13. The van der Waals surface area contributed by atoms with E-state index in [1.165, 1.54) is 0 Å². The van der Waals surface area contributed by atoms with Gasteiger partial charge in [-0.25, -0.2) is 0 Å². The minimum absolute atomic E-state index is 0.697. The monoisotopic (exact) mass is 170 g/mol. The zero-order chi connectivity index (χ0) is 8.69. The van der Waals surface area contributed by atoms with Crippen molar-refractivity contribution in [1.82, 2.24) is 0 Å². The fourth-order valence-corrected chi connectivity index (χ4v) is 2.26. The van der Waals surface area contributed by atoms with Gasteiger partial charge in [0.05, 0.1) is 0 Å². The highest BCUT2D eigenvalue weighted by Crippen LogP contribution is 2.22. The maximum absolute atomic E-state index is 3.72. The molecule has 1 heteroatoms. The lowest BCUT2D eigenvalue weighted by atomic mass is 10.3. The van der Waals surface area contributed by atoms with Crippen LogP contribution in [0.15, 0.2) is 25.3 Å². The molecule has 0 nitrogen and oxygen atoms in total. The van der Waals surface area contributed by atoms with Gasteiger partial charge in [0, 0.05) is 10.5 Å². The van der Waals surface area contributed by atoms with E-state index in [0.717, 1.165) is 12.8 Å². The van der Waals surface area contributed by atoms with E-state index in [1.54, 1.807) is 0 Å². The van der Waals surface area contributed by atoms with E-state index < -0.39 is 0 Å². The van der Waals surface area contributed by atoms with Gasteiger partial charge in [-0.3, -0.25) is 0 Å². The van der Waals surface area contributed by atoms with Crippen LogP contribution < -0.4 is 0 Å². The maximum atomic E-state index is 3.72. The van der Waals surface area contributed by atoms with Crippen LogP contribution in [0.3, 0.4) is 0 Å². The molecule has 0 radical (unpaired) electrons. The molecule has 0 aliphatic carbocycles. The minimum Gasteiger partial charge on any atom is -0.155 e. The van der Waals surface area contributed by atoms with Crippen LogP contribution in [0, 0.1) is 0 Å². The molecule has 0 rings (SSSR count). The van der Waals surface area contributed by atoms with Crippen LogP contribution in [0.1, 0.15) is 26.7 Å². The second-order valence-corrected chi connectivity index (χ2v) is 4.69. The van der Waals surface area contributed by atoms with Crippen molar-refractivity contribution < 1.29 is 0 Å². The average molecular weight is 170 g/mol. The fraction of sp³-hybridized carbons (Fsp3) is 0.600. The van der Waals surface area contributed by atoms with Crippen LogP contribution in [-0.2, 0) is 0 Å². The van der Waals surface area contributed by atoms with E-state index in [-0.39, 0.29) is 0 Å². The second-order valence-electron chi connectivity index (χ2n) is 2.81. The SMILES string of the molecule is C=CCC(C)SC(C)CC=C. The molecule has 11 heavy (non-hydrogen) atoms. The van der Waals surface area contributed by atoms with Gasteiger partial charge in [0.15, 0.2) is 0 Å². The zero-order valence-corrected chi connectivity index (χ0v) is 8.36. The van der Waals surface area contributed by atoms with Crippen molar-refractivity contribution in [2.75, 3.05) is 0 Å². The highest BCUT2D eigenvalue weighted by Gasteiger charge is 2.05. The molecule has 0 saturated heterocycles. The molecular formula is C10H18S. The van der Waals surface area contributed by atoms with Crippen LogP contribution >= 0.6 is 11.8 Å². The molecule has 0 aromatic heterocycles. The summed E-state index contributed by atoms with van der Waals surface area (Å²) in [6.45, 7) is 11.9. The molecule has 0 spiro atoms. The summed E-state index contributed by atoms with van der Waals surface area (Å²) >= 11 is 2.01. The fourth-order valence-electron chi connectivity index (χ4n) is 0.977. The van der Waals surface area contributed by atoms with Crippen molar-refractivity contribution in [3.63, 3.8) is 0 Å². The van der Waals surface area contributed by atoms with E-state index in [1.807, 2.05) is 23.9 Å². The molecule has 0 fully saturated rings. The summed E-state index contributed by atoms with van der Waals surface area (Å²) in [7, 11) is 0. The molecule has 0 aliphatic rings. The molecule has 0 heterocycles. The molecular weight excluding hydrogens is 152 g/mol. The van der Waals surface area contributed by atoms with Crippen LogP contribution in [0.4, 0.5) is 0 Å². The predicted octanol–water partition coefficient (Wildman–Crippen LogP) is 3.65. The Balaban J connectivity index is 3.46. The van der Waals surface area contributed by atoms with Gasteiger partial charge < -0.3 is 0 Å². The van der Waals surface area contributed by atoms with Crippen molar-refractivity contribution in [2.45, 2.75) is 37.2 Å². The van der Waals surface area contributed by atoms with E-state index in [0.29, 0.717) is 10.5 Å². The smallest absolute Gasteiger partial charge is 0.00559 e. The van der Waals surface area contributed by atoms with E-state index in [4.69, 9.17) is 0 Å². The van der Waals surface area contributed by atoms with Gasteiger partial charge in [0.2, 0.25) is 0 Å². The Hall–Kier alpha value is -0.170. The third kappa shape index (κ3) is 6.24. The number of allylic oxidation sites excluding steroid dienone is 2. The normalized spacial score (nSPS) is 15.5. The molecule has 0 aromatic carbocycles. The predicted molar refractivity (Wildman–Crippen MR) is 56.1 cm³/mol. The summed E-state index contributed by atoms with van der Waals surface area (Å²) in [4.78, 5) is 0. The molecule has 0 bridgehead atoms. The number of hydrogen-bond acceptors (Lipinski definition) is 1. The Morgan fingerprint density at radius 2 is 1.45 bits per heavy atom. The van der Waals surface area contributed by atoms with Gasteiger partial charge in [0.25, 0.3) is 0 Å². The van der Waals surface area contributed by atoms with Gasteiger partial charge in [0.1, 0.15) is 0 Å². The lowest BCUT2D eigenvalue weighted by molar-refractivity contribution is 0.930. The van der Waals surface area contributed by atoms with Crippen LogP contribution in [0.25, 0.3) is 0 Å². The van der Waals surface area contributed by atoms with Crippen molar-refractivity contribution in [3.05, 3.63) is 25.3 Å². The van der Waals surface area contributed by atoms with Crippen molar-refractivity contribution in [2.24, 2.45) is 0 Å². The van der Waals surface area contributed by atoms with Gasteiger partial charge in [-0.15, -0.1) is 13.2 Å². The highest BCUT2D eigenvalue weighted by molar-refractivity contribution is 8.00. The summed E-state index contributed by atoms with van der Waals surface area (Å²) in [5.74, 6) is 0. The Labute approximate surface area is 74.8 Å². The lowest BCUT2D eigenvalue weighted by Crippen LogP contribution is -2.02. The highest BCUT2D eigenvalue weighted by atomic mass is 32.2. The van der Waals surface area contributed by atoms with Gasteiger partial charge in [-0.2, -0.15) is 11.8 Å². The van der Waals surface area contributed by atoms with Crippen LogP contribution in [0.5, 0.6) is 0 Å². The summed E-state index contributed by atoms with van der Waals surface area (Å²) in [5, 5.41) is 1.39. The Morgan fingerprint density at radius 1 is 1.09 bits per heavy atom. The third-order valence-corrected chi connectivity index (χ3v) is 2.78. The minimum atomic E-state index is 0.697. The molecule has 0 aromatic rings. The van der Waals surface area contributed by atoms with E-state index in [9.17, 15) is 0 Å². The number of thioether (sulfide) groups is 1. The first-order valence-corrected chi connectivity index (χ1v) is 5.02. The molecule has 0 aliphatic heterocycles. The molecule has 2 unspecified atom stereocenters. The summed E-state index contributed by atoms with van der Waals surface area (Å²) < 4.78 is 0.